The number of hydrogen-bond donors (Lipinski definition) is 2. The van der Waals surface area contributed by atoms with Crippen LogP contribution in [0.2, 0.25) is 0 Å². The van der Waals surface area contributed by atoms with E-state index in [9.17, 15) is 9.90 Å². The number of fused-ring (bicyclic) bond motifs is 1. The third-order valence-corrected chi connectivity index (χ3v) is 5.56. The average molecular weight is 467 g/mol. The molecule has 3 rings (SSSR count). The number of nitrogens with one attached hydrogen (secondary N) is 1. The zero-order chi connectivity index (χ0) is 25.0. The van der Waals surface area contributed by atoms with Crippen molar-refractivity contribution in [2.75, 3.05) is 13.7 Å². The number of carbonyl (C=O) groups is 1. The smallest absolute Gasteiger partial charge is 0.408 e. The van der Waals surface area contributed by atoms with Crippen LogP contribution in [0.5, 0.6) is 11.6 Å². The molecule has 0 radical (unpaired) electrons. The Morgan fingerprint density at radius 2 is 1.79 bits per heavy atom. The van der Waals surface area contributed by atoms with Crippen LogP contribution in [-0.2, 0) is 4.74 Å². The molecule has 0 saturated heterocycles. The van der Waals surface area contributed by atoms with Crippen molar-refractivity contribution in [3.63, 3.8) is 0 Å². The Morgan fingerprint density at radius 1 is 1.09 bits per heavy atom. The molecule has 2 aromatic carbocycles. The number of amides is 1. The molecule has 7 heteroatoms. The topological polar surface area (TPSA) is 89.9 Å². The lowest BCUT2D eigenvalue weighted by Gasteiger charge is -2.25. The third kappa shape index (κ3) is 5.42. The molecule has 0 spiro atoms. The van der Waals surface area contributed by atoms with Gasteiger partial charge in [-0.2, -0.15) is 0 Å². The van der Waals surface area contributed by atoms with E-state index in [0.717, 1.165) is 27.5 Å². The quantitative estimate of drug-likeness (QED) is 0.470. The summed E-state index contributed by atoms with van der Waals surface area (Å²) in [5, 5.41) is 16.0. The van der Waals surface area contributed by atoms with Crippen LogP contribution in [0.1, 0.15) is 69.0 Å². The van der Waals surface area contributed by atoms with Crippen LogP contribution in [-0.4, -0.2) is 35.5 Å². The number of hydrogen-bond acceptors (Lipinski definition) is 6. The Hall–Kier alpha value is -3.32. The van der Waals surface area contributed by atoms with Crippen molar-refractivity contribution in [2.45, 2.75) is 59.3 Å². The van der Waals surface area contributed by atoms with Gasteiger partial charge in [0.05, 0.1) is 19.8 Å². The molecule has 0 aliphatic heterocycles. The maximum atomic E-state index is 12.3. The third-order valence-electron chi connectivity index (χ3n) is 5.56. The SMILES string of the molecule is CCOc1nccc2c(C(O)c3ccc(C(C)NC(=O)OC(C)(C)C)c(OC)c3C)cccc12. The van der Waals surface area contributed by atoms with E-state index in [1.54, 1.807) is 13.3 Å². The average Bonchev–Trinajstić information content (AvgIpc) is 2.77. The summed E-state index contributed by atoms with van der Waals surface area (Å²) in [6.07, 6.45) is 0.292. The van der Waals surface area contributed by atoms with Gasteiger partial charge in [-0.25, -0.2) is 9.78 Å². The molecule has 0 aliphatic carbocycles. The van der Waals surface area contributed by atoms with E-state index in [-0.39, 0.29) is 6.04 Å². The van der Waals surface area contributed by atoms with Crippen molar-refractivity contribution >= 4 is 16.9 Å². The summed E-state index contributed by atoms with van der Waals surface area (Å²) >= 11 is 0. The normalized spacial score (nSPS) is 13.3. The Bertz CT molecular complexity index is 1170. The highest BCUT2D eigenvalue weighted by molar-refractivity contribution is 5.90. The Kier molecular flexibility index (Phi) is 7.67. The standard InChI is InChI=1S/C27H34N2O5/c1-8-33-25-22-11-9-10-21(20(22)14-15-28-25)23(30)18-12-13-19(24(32-7)16(18)2)17(3)29-26(31)34-27(4,5)6/h9-15,17,23,30H,8H2,1-7H3,(H,29,31). The summed E-state index contributed by atoms with van der Waals surface area (Å²) in [7, 11) is 1.58. The van der Waals surface area contributed by atoms with Gasteiger partial charge >= 0.3 is 6.09 Å². The molecular formula is C27H34N2O5. The largest absolute Gasteiger partial charge is 0.496 e. The highest BCUT2D eigenvalue weighted by Gasteiger charge is 2.24. The van der Waals surface area contributed by atoms with Gasteiger partial charge in [0.1, 0.15) is 17.5 Å². The highest BCUT2D eigenvalue weighted by atomic mass is 16.6. The van der Waals surface area contributed by atoms with Crippen LogP contribution in [0.3, 0.4) is 0 Å². The predicted molar refractivity (Wildman–Crippen MR) is 132 cm³/mol. The number of rotatable bonds is 7. The van der Waals surface area contributed by atoms with Crippen molar-refractivity contribution in [1.82, 2.24) is 10.3 Å². The first-order valence-electron chi connectivity index (χ1n) is 11.4. The number of pyridine rings is 1. The van der Waals surface area contributed by atoms with Gasteiger partial charge in [0.25, 0.3) is 0 Å². The fourth-order valence-corrected chi connectivity index (χ4v) is 4.06. The van der Waals surface area contributed by atoms with Crippen molar-refractivity contribution in [3.05, 3.63) is 64.8 Å². The van der Waals surface area contributed by atoms with E-state index in [1.807, 2.05) is 77.9 Å². The molecule has 34 heavy (non-hydrogen) atoms. The lowest BCUT2D eigenvalue weighted by molar-refractivity contribution is 0.0507. The minimum Gasteiger partial charge on any atom is -0.496 e. The van der Waals surface area contributed by atoms with Crippen LogP contribution in [0.25, 0.3) is 10.8 Å². The number of aliphatic hydroxyl groups excluding tert-OH is 1. The molecule has 1 amide bonds. The van der Waals surface area contributed by atoms with Crippen LogP contribution in [0.15, 0.2) is 42.6 Å². The van der Waals surface area contributed by atoms with E-state index in [4.69, 9.17) is 14.2 Å². The van der Waals surface area contributed by atoms with Gasteiger partial charge in [0, 0.05) is 17.1 Å². The second-order valence-corrected chi connectivity index (χ2v) is 9.16. The first-order valence-corrected chi connectivity index (χ1v) is 11.4. The van der Waals surface area contributed by atoms with Crippen molar-refractivity contribution in [1.29, 1.82) is 0 Å². The first kappa shape index (κ1) is 25.3. The summed E-state index contributed by atoms with van der Waals surface area (Å²) in [6.45, 7) is 11.6. The van der Waals surface area contributed by atoms with Gasteiger partial charge in [-0.05, 0) is 75.8 Å². The number of aromatic nitrogens is 1. The van der Waals surface area contributed by atoms with E-state index >= 15 is 0 Å². The second kappa shape index (κ2) is 10.3. The van der Waals surface area contributed by atoms with Crippen molar-refractivity contribution in [3.8, 4) is 11.6 Å². The summed E-state index contributed by atoms with van der Waals surface area (Å²) in [4.78, 5) is 16.6. The maximum Gasteiger partial charge on any atom is 0.408 e. The Morgan fingerprint density at radius 3 is 2.44 bits per heavy atom. The van der Waals surface area contributed by atoms with Gasteiger partial charge in [-0.3, -0.25) is 0 Å². The molecule has 182 valence electrons. The molecule has 0 aliphatic rings. The van der Waals surface area contributed by atoms with Gasteiger partial charge in [-0.15, -0.1) is 0 Å². The molecule has 3 aromatic rings. The minimum absolute atomic E-state index is 0.355. The number of nitrogens with zero attached hydrogens (tertiary/aromatic N) is 1. The number of methoxy groups -OCH3 is 1. The second-order valence-electron chi connectivity index (χ2n) is 9.16. The fraction of sp³-hybridized carbons (Fsp3) is 0.407. The molecule has 2 unspecified atom stereocenters. The van der Waals surface area contributed by atoms with Crippen LogP contribution in [0, 0.1) is 6.92 Å². The predicted octanol–water partition coefficient (Wildman–Crippen LogP) is 5.62. The maximum absolute atomic E-state index is 12.3. The molecule has 0 saturated carbocycles. The van der Waals surface area contributed by atoms with Crippen LogP contribution < -0.4 is 14.8 Å². The Balaban J connectivity index is 1.97. The lowest BCUT2D eigenvalue weighted by atomic mass is 9.91. The molecular weight excluding hydrogens is 432 g/mol. The van der Waals surface area contributed by atoms with E-state index in [1.165, 1.54) is 0 Å². The zero-order valence-electron chi connectivity index (χ0n) is 20.9. The molecule has 1 aromatic heterocycles. The van der Waals surface area contributed by atoms with Gasteiger partial charge < -0.3 is 24.6 Å². The van der Waals surface area contributed by atoms with E-state index in [2.05, 4.69) is 10.3 Å². The molecule has 2 atom stereocenters. The molecule has 0 fully saturated rings. The zero-order valence-corrected chi connectivity index (χ0v) is 20.9. The van der Waals surface area contributed by atoms with Crippen molar-refractivity contribution < 1.29 is 24.1 Å². The van der Waals surface area contributed by atoms with E-state index in [0.29, 0.717) is 23.8 Å². The number of benzene rings is 2. The van der Waals surface area contributed by atoms with E-state index < -0.39 is 17.8 Å². The molecule has 0 bridgehead atoms. The molecule has 1 heterocycles. The number of aliphatic hydroxyl groups is 1. The van der Waals surface area contributed by atoms with Crippen molar-refractivity contribution in [2.24, 2.45) is 0 Å². The molecule has 2 N–H and O–H groups in total. The lowest BCUT2D eigenvalue weighted by Crippen LogP contribution is -2.34. The number of carbonyl (C=O) groups excluding carboxylic acids is 1. The van der Waals surface area contributed by atoms with Gasteiger partial charge in [-0.1, -0.05) is 24.3 Å². The monoisotopic (exact) mass is 466 g/mol. The molecule has 7 nitrogen and oxygen atoms in total. The first-order chi connectivity index (χ1) is 16.1. The number of ether oxygens (including phenoxy) is 3. The summed E-state index contributed by atoms with van der Waals surface area (Å²) in [5.41, 5.74) is 2.46. The van der Waals surface area contributed by atoms with Crippen LogP contribution >= 0.6 is 0 Å². The summed E-state index contributed by atoms with van der Waals surface area (Å²) < 4.78 is 16.8. The number of alkyl carbamates (subject to hydrolysis) is 1. The van der Waals surface area contributed by atoms with Gasteiger partial charge in [0.15, 0.2) is 0 Å². The Labute approximate surface area is 201 Å². The summed E-state index contributed by atoms with van der Waals surface area (Å²) in [5.74, 6) is 1.15. The highest BCUT2D eigenvalue weighted by Crippen LogP contribution is 2.38. The van der Waals surface area contributed by atoms with Crippen LogP contribution in [0.4, 0.5) is 4.79 Å². The minimum atomic E-state index is -0.891. The van der Waals surface area contributed by atoms with Gasteiger partial charge in [0.2, 0.25) is 5.88 Å². The summed E-state index contributed by atoms with van der Waals surface area (Å²) in [6, 6.07) is 11.0. The fourth-order valence-electron chi connectivity index (χ4n) is 4.06.